The zero-order valence-corrected chi connectivity index (χ0v) is 8.10. The van der Waals surface area contributed by atoms with Crippen molar-refractivity contribution >= 4 is 22.2 Å². The largest absolute Gasteiger partial charge is 0.353 e. The van der Waals surface area contributed by atoms with Crippen molar-refractivity contribution in [3.05, 3.63) is 46.0 Å². The third-order valence-electron chi connectivity index (χ3n) is 1.60. The van der Waals surface area contributed by atoms with E-state index in [1.807, 2.05) is 0 Å². The number of hydrogen-bond donors (Lipinski definition) is 0. The second-order valence-corrected chi connectivity index (χ2v) is 3.62. The minimum Gasteiger partial charge on any atom is -0.294 e. The Hall–Kier alpha value is -1.23. The zero-order valence-electron chi connectivity index (χ0n) is 6.51. The molecule has 0 heterocycles. The molecule has 0 radical (unpaired) electrons. The molecule has 4 nitrogen and oxygen atoms in total. The predicted octanol–water partition coefficient (Wildman–Crippen LogP) is 1.71. The Bertz CT molecular complexity index is 327. The molecule has 0 amide bonds. The van der Waals surface area contributed by atoms with Gasteiger partial charge in [0.15, 0.2) is 0 Å². The van der Waals surface area contributed by atoms with Gasteiger partial charge in [0.05, 0.1) is 4.92 Å². The zero-order chi connectivity index (χ0) is 9.90. The molecule has 1 atom stereocenters. The molecule has 1 aromatic carbocycles. The van der Waals surface area contributed by atoms with Crippen LogP contribution in [0.4, 0.5) is 0 Å². The standard InChI is InChI=1S/C8H6BrNO3/c9-8(6-11,10(12)13)7-4-2-1-3-5-7/h1-6H. The van der Waals surface area contributed by atoms with Crippen molar-refractivity contribution in [1.29, 1.82) is 0 Å². The summed E-state index contributed by atoms with van der Waals surface area (Å²) >= 11 is 2.79. The van der Waals surface area contributed by atoms with Crippen molar-refractivity contribution < 1.29 is 9.72 Å². The van der Waals surface area contributed by atoms with Gasteiger partial charge in [-0.25, -0.2) is 0 Å². The molecule has 68 valence electrons. The van der Waals surface area contributed by atoms with E-state index in [1.54, 1.807) is 18.2 Å². The maximum atomic E-state index is 10.6. The first-order valence-electron chi connectivity index (χ1n) is 3.46. The number of aldehydes is 1. The van der Waals surface area contributed by atoms with Gasteiger partial charge in [0.25, 0.3) is 0 Å². The van der Waals surface area contributed by atoms with Crippen LogP contribution in [0.3, 0.4) is 0 Å². The third-order valence-corrected chi connectivity index (χ3v) is 2.53. The lowest BCUT2D eigenvalue weighted by molar-refractivity contribution is -0.524. The van der Waals surface area contributed by atoms with Crippen LogP contribution in [-0.2, 0) is 9.24 Å². The summed E-state index contributed by atoms with van der Waals surface area (Å²) in [7, 11) is 0. The van der Waals surface area contributed by atoms with Crippen LogP contribution in [0.25, 0.3) is 0 Å². The second-order valence-electron chi connectivity index (χ2n) is 2.41. The Balaban J connectivity index is 3.18. The van der Waals surface area contributed by atoms with Crippen LogP contribution in [0.1, 0.15) is 5.56 Å². The summed E-state index contributed by atoms with van der Waals surface area (Å²) in [5, 5.41) is 10.6. The first kappa shape index (κ1) is 9.85. The SMILES string of the molecule is O=CC(Br)(c1ccccc1)[N+](=O)[O-]. The second kappa shape index (κ2) is 3.66. The molecular formula is C8H6BrNO3. The number of benzene rings is 1. The van der Waals surface area contributed by atoms with E-state index in [4.69, 9.17) is 0 Å². The fourth-order valence-electron chi connectivity index (χ4n) is 0.888. The third kappa shape index (κ3) is 1.75. The maximum Gasteiger partial charge on any atom is 0.353 e. The molecule has 0 aliphatic carbocycles. The summed E-state index contributed by atoms with van der Waals surface area (Å²) in [6.45, 7) is 0. The van der Waals surface area contributed by atoms with Crippen LogP contribution in [0.5, 0.6) is 0 Å². The first-order valence-corrected chi connectivity index (χ1v) is 4.26. The van der Waals surface area contributed by atoms with Gasteiger partial charge in [0.2, 0.25) is 6.29 Å². The average Bonchev–Trinajstić information content (AvgIpc) is 2.17. The molecule has 0 fully saturated rings. The van der Waals surface area contributed by atoms with E-state index in [2.05, 4.69) is 15.9 Å². The Labute approximate surface area is 82.8 Å². The molecule has 1 aromatic rings. The molecule has 13 heavy (non-hydrogen) atoms. The van der Waals surface area contributed by atoms with E-state index >= 15 is 0 Å². The number of nitro groups is 1. The van der Waals surface area contributed by atoms with Crippen LogP contribution in [0.15, 0.2) is 30.3 Å². The van der Waals surface area contributed by atoms with Gasteiger partial charge in [-0.1, -0.05) is 30.3 Å². The van der Waals surface area contributed by atoms with E-state index in [-0.39, 0.29) is 6.29 Å². The first-order chi connectivity index (χ1) is 6.11. The highest BCUT2D eigenvalue weighted by Crippen LogP contribution is 2.29. The molecule has 0 saturated carbocycles. The van der Waals surface area contributed by atoms with Crippen LogP contribution < -0.4 is 0 Å². The normalized spacial score (nSPS) is 14.5. The van der Waals surface area contributed by atoms with Gasteiger partial charge in [0.1, 0.15) is 0 Å². The summed E-state index contributed by atoms with van der Waals surface area (Å²) in [6.07, 6.45) is 0.266. The summed E-state index contributed by atoms with van der Waals surface area (Å²) in [5.74, 6) is 0. The lowest BCUT2D eigenvalue weighted by atomic mass is 10.1. The molecule has 0 aliphatic rings. The number of hydrogen-bond acceptors (Lipinski definition) is 3. The summed E-state index contributed by atoms with van der Waals surface area (Å²) in [5.41, 5.74) is 0.315. The lowest BCUT2D eigenvalue weighted by Gasteiger charge is -2.11. The van der Waals surface area contributed by atoms with Crippen molar-refractivity contribution in [1.82, 2.24) is 0 Å². The smallest absolute Gasteiger partial charge is 0.294 e. The van der Waals surface area contributed by atoms with Gasteiger partial charge >= 0.3 is 4.45 Å². The van der Waals surface area contributed by atoms with Crippen molar-refractivity contribution in [2.75, 3.05) is 0 Å². The van der Waals surface area contributed by atoms with Gasteiger partial charge in [0, 0.05) is 21.5 Å². The summed E-state index contributed by atoms with van der Waals surface area (Å²) in [4.78, 5) is 20.5. The molecule has 5 heteroatoms. The number of rotatable bonds is 3. The number of nitrogens with zero attached hydrogens (tertiary/aromatic N) is 1. The number of halogens is 1. The van der Waals surface area contributed by atoms with Crippen LogP contribution in [0.2, 0.25) is 0 Å². The van der Waals surface area contributed by atoms with E-state index in [0.29, 0.717) is 5.56 Å². The van der Waals surface area contributed by atoms with Gasteiger partial charge in [-0.2, -0.15) is 0 Å². The molecular weight excluding hydrogens is 238 g/mol. The van der Waals surface area contributed by atoms with E-state index < -0.39 is 9.37 Å². The minimum absolute atomic E-state index is 0.266. The molecule has 0 bridgehead atoms. The summed E-state index contributed by atoms with van der Waals surface area (Å²) in [6, 6.07) is 8.04. The molecule has 0 aliphatic heterocycles. The van der Waals surface area contributed by atoms with Crippen LogP contribution in [-0.4, -0.2) is 11.2 Å². The Kier molecular flexibility index (Phi) is 2.77. The highest BCUT2D eigenvalue weighted by Gasteiger charge is 2.41. The van der Waals surface area contributed by atoms with Gasteiger partial charge in [-0.05, 0) is 0 Å². The molecule has 0 spiro atoms. The number of alkyl halides is 1. The molecule has 1 unspecified atom stereocenters. The average molecular weight is 244 g/mol. The summed E-state index contributed by atoms with van der Waals surface area (Å²) < 4.78 is -1.81. The lowest BCUT2D eigenvalue weighted by Crippen LogP contribution is -2.29. The van der Waals surface area contributed by atoms with E-state index in [9.17, 15) is 14.9 Å². The Morgan fingerprint density at radius 3 is 2.31 bits per heavy atom. The predicted molar refractivity (Wildman–Crippen MR) is 50.1 cm³/mol. The van der Waals surface area contributed by atoms with Crippen molar-refractivity contribution in [3.8, 4) is 0 Å². The van der Waals surface area contributed by atoms with Crippen molar-refractivity contribution in [3.63, 3.8) is 0 Å². The fourth-order valence-corrected chi connectivity index (χ4v) is 1.15. The molecule has 0 saturated heterocycles. The maximum absolute atomic E-state index is 10.6. The van der Waals surface area contributed by atoms with Crippen LogP contribution >= 0.6 is 15.9 Å². The van der Waals surface area contributed by atoms with Crippen molar-refractivity contribution in [2.24, 2.45) is 0 Å². The quantitative estimate of drug-likeness (QED) is 0.267. The van der Waals surface area contributed by atoms with Gasteiger partial charge in [-0.3, -0.25) is 14.9 Å². The number of carbonyl (C=O) groups is 1. The van der Waals surface area contributed by atoms with Gasteiger partial charge < -0.3 is 0 Å². The topological polar surface area (TPSA) is 60.2 Å². The molecule has 0 aromatic heterocycles. The van der Waals surface area contributed by atoms with Crippen molar-refractivity contribution in [2.45, 2.75) is 4.45 Å². The Morgan fingerprint density at radius 2 is 1.92 bits per heavy atom. The Morgan fingerprint density at radius 1 is 1.38 bits per heavy atom. The number of carbonyl (C=O) groups excluding carboxylic acids is 1. The highest BCUT2D eigenvalue weighted by atomic mass is 79.9. The minimum atomic E-state index is -1.81. The van der Waals surface area contributed by atoms with E-state index in [1.165, 1.54) is 12.1 Å². The monoisotopic (exact) mass is 243 g/mol. The molecule has 0 N–H and O–H groups in total. The van der Waals surface area contributed by atoms with Crippen LogP contribution in [0, 0.1) is 10.1 Å². The highest BCUT2D eigenvalue weighted by molar-refractivity contribution is 9.09. The molecule has 1 rings (SSSR count). The van der Waals surface area contributed by atoms with E-state index in [0.717, 1.165) is 0 Å². The fraction of sp³-hybridized carbons (Fsp3) is 0.125. The van der Waals surface area contributed by atoms with Gasteiger partial charge in [-0.15, -0.1) is 0 Å².